The molecule has 1 aromatic heterocycles. The lowest BCUT2D eigenvalue weighted by molar-refractivity contribution is -0.126. The summed E-state index contributed by atoms with van der Waals surface area (Å²) in [6.45, 7) is 1.48. The van der Waals surface area contributed by atoms with Crippen molar-refractivity contribution < 1.29 is 19.1 Å². The second kappa shape index (κ2) is 11.5. The van der Waals surface area contributed by atoms with E-state index >= 15 is 0 Å². The van der Waals surface area contributed by atoms with Gasteiger partial charge < -0.3 is 24.8 Å². The fourth-order valence-electron chi connectivity index (χ4n) is 3.77. The van der Waals surface area contributed by atoms with Crippen LogP contribution in [0, 0.1) is 5.92 Å². The molecule has 2 aromatic carbocycles. The van der Waals surface area contributed by atoms with Gasteiger partial charge in [0.05, 0.1) is 12.2 Å². The van der Waals surface area contributed by atoms with Crippen LogP contribution in [0.4, 0.5) is 11.4 Å². The van der Waals surface area contributed by atoms with Crippen molar-refractivity contribution in [1.82, 2.24) is 14.9 Å². The van der Waals surface area contributed by atoms with Crippen molar-refractivity contribution in [1.29, 1.82) is 0 Å². The van der Waals surface area contributed by atoms with Crippen molar-refractivity contribution in [3.8, 4) is 5.75 Å². The van der Waals surface area contributed by atoms with Gasteiger partial charge in [0, 0.05) is 54.8 Å². The molecule has 1 aliphatic heterocycles. The summed E-state index contributed by atoms with van der Waals surface area (Å²) >= 11 is 5.84. The largest absolute Gasteiger partial charge is 0.484 e. The Balaban J connectivity index is 1.21. The molecule has 1 aliphatic rings. The van der Waals surface area contributed by atoms with Crippen LogP contribution in [-0.4, -0.2) is 47.0 Å². The molecular formula is C25H26ClN5O4. The zero-order chi connectivity index (χ0) is 24.6. The molecule has 0 spiro atoms. The van der Waals surface area contributed by atoms with Gasteiger partial charge in [0.15, 0.2) is 6.61 Å². The molecule has 0 saturated carbocycles. The number of carbonyl (C=O) groups excluding carboxylic acids is 3. The Kier molecular flexibility index (Phi) is 7.99. The van der Waals surface area contributed by atoms with Crippen molar-refractivity contribution in [2.24, 2.45) is 5.92 Å². The van der Waals surface area contributed by atoms with E-state index in [0.717, 1.165) is 13.0 Å². The first-order valence-electron chi connectivity index (χ1n) is 11.3. The Morgan fingerprint density at radius 1 is 1.11 bits per heavy atom. The van der Waals surface area contributed by atoms with Gasteiger partial charge in [-0.1, -0.05) is 11.6 Å². The minimum absolute atomic E-state index is 0.0976. The fraction of sp³-hybridized carbons (Fsp3) is 0.280. The van der Waals surface area contributed by atoms with Gasteiger partial charge in [-0.25, -0.2) is 4.98 Å². The van der Waals surface area contributed by atoms with E-state index in [9.17, 15) is 14.4 Å². The number of aryl methyl sites for hydroxylation is 1. The van der Waals surface area contributed by atoms with Crippen LogP contribution < -0.4 is 20.3 Å². The molecule has 2 N–H and O–H groups in total. The van der Waals surface area contributed by atoms with Gasteiger partial charge >= 0.3 is 0 Å². The van der Waals surface area contributed by atoms with Crippen LogP contribution in [0.1, 0.15) is 12.8 Å². The number of anilines is 2. The molecule has 1 saturated heterocycles. The van der Waals surface area contributed by atoms with Crippen molar-refractivity contribution in [3.63, 3.8) is 0 Å². The lowest BCUT2D eigenvalue weighted by Crippen LogP contribution is -2.33. The van der Waals surface area contributed by atoms with Crippen LogP contribution in [-0.2, 0) is 20.9 Å². The molecule has 4 rings (SSSR count). The minimum atomic E-state index is -0.386. The van der Waals surface area contributed by atoms with Gasteiger partial charge in [0.1, 0.15) is 5.75 Å². The molecule has 9 nitrogen and oxygen atoms in total. The van der Waals surface area contributed by atoms with E-state index in [0.29, 0.717) is 35.2 Å². The molecule has 3 amide bonds. The third-order valence-electron chi connectivity index (χ3n) is 5.59. The molecule has 182 valence electrons. The number of carbonyl (C=O) groups is 3. The number of benzene rings is 2. The summed E-state index contributed by atoms with van der Waals surface area (Å²) in [5.74, 6) is -0.398. The number of nitrogens with zero attached hydrogens (tertiary/aromatic N) is 3. The zero-order valence-corrected chi connectivity index (χ0v) is 19.8. The summed E-state index contributed by atoms with van der Waals surface area (Å²) in [7, 11) is 0. The van der Waals surface area contributed by atoms with Crippen LogP contribution in [0.2, 0.25) is 5.02 Å². The Morgan fingerprint density at radius 2 is 1.89 bits per heavy atom. The maximum Gasteiger partial charge on any atom is 0.262 e. The first-order valence-corrected chi connectivity index (χ1v) is 11.7. The number of rotatable bonds is 10. The smallest absolute Gasteiger partial charge is 0.262 e. The predicted octanol–water partition coefficient (Wildman–Crippen LogP) is 3.11. The van der Waals surface area contributed by atoms with Crippen LogP contribution >= 0.6 is 11.6 Å². The highest BCUT2D eigenvalue weighted by atomic mass is 35.5. The number of amides is 3. The molecule has 35 heavy (non-hydrogen) atoms. The van der Waals surface area contributed by atoms with Crippen molar-refractivity contribution in [2.75, 3.05) is 29.9 Å². The topological polar surface area (TPSA) is 106 Å². The fourth-order valence-corrected chi connectivity index (χ4v) is 3.90. The highest BCUT2D eigenvalue weighted by Crippen LogP contribution is 2.27. The molecule has 0 radical (unpaired) electrons. The van der Waals surface area contributed by atoms with Gasteiger partial charge in [-0.15, -0.1) is 0 Å². The summed E-state index contributed by atoms with van der Waals surface area (Å²) in [5, 5.41) is 6.23. The SMILES string of the molecule is O=C(COc1ccc(N2C[C@@H](C(=O)NCCCn3ccnc3)CC2=O)cc1)Nc1ccc(Cl)cc1. The molecular weight excluding hydrogens is 470 g/mol. The van der Waals surface area contributed by atoms with E-state index in [-0.39, 0.29) is 36.7 Å². The average Bonchev–Trinajstić information content (AvgIpc) is 3.52. The Morgan fingerprint density at radius 3 is 2.60 bits per heavy atom. The summed E-state index contributed by atoms with van der Waals surface area (Å²) in [6.07, 6.45) is 6.29. The summed E-state index contributed by atoms with van der Waals surface area (Å²) < 4.78 is 7.49. The molecule has 2 heterocycles. The van der Waals surface area contributed by atoms with Gasteiger partial charge in [-0.3, -0.25) is 14.4 Å². The van der Waals surface area contributed by atoms with Gasteiger partial charge in [-0.2, -0.15) is 0 Å². The molecule has 0 unspecified atom stereocenters. The lowest BCUT2D eigenvalue weighted by Gasteiger charge is -2.17. The molecule has 1 atom stereocenters. The van der Waals surface area contributed by atoms with Crippen LogP contribution in [0.5, 0.6) is 5.75 Å². The summed E-state index contributed by atoms with van der Waals surface area (Å²) in [5.41, 5.74) is 1.31. The second-order valence-electron chi connectivity index (χ2n) is 8.19. The Hall–Kier alpha value is -3.85. The zero-order valence-electron chi connectivity index (χ0n) is 19.0. The van der Waals surface area contributed by atoms with Gasteiger partial charge in [-0.05, 0) is 55.0 Å². The lowest BCUT2D eigenvalue weighted by atomic mass is 10.1. The standard InChI is InChI=1S/C25H26ClN5O4/c26-19-2-4-20(5-3-19)29-23(32)16-35-22-8-6-21(7-9-22)31-15-18(14-24(31)33)25(34)28-10-1-12-30-13-11-27-17-30/h2-9,11,13,17-18H,1,10,12,14-16H2,(H,28,34)(H,29,32)/t18-/m0/s1. The quantitative estimate of drug-likeness (QED) is 0.420. The first-order chi connectivity index (χ1) is 17.0. The van der Waals surface area contributed by atoms with E-state index in [2.05, 4.69) is 15.6 Å². The van der Waals surface area contributed by atoms with Crippen molar-refractivity contribution >= 4 is 40.7 Å². The molecule has 0 aliphatic carbocycles. The van der Waals surface area contributed by atoms with E-state index < -0.39 is 0 Å². The Labute approximate surface area is 208 Å². The second-order valence-corrected chi connectivity index (χ2v) is 8.62. The van der Waals surface area contributed by atoms with Crippen molar-refractivity contribution in [3.05, 3.63) is 72.3 Å². The summed E-state index contributed by atoms with van der Waals surface area (Å²) in [4.78, 5) is 42.7. The highest BCUT2D eigenvalue weighted by Gasteiger charge is 2.34. The van der Waals surface area contributed by atoms with Crippen molar-refractivity contribution in [2.45, 2.75) is 19.4 Å². The number of nitrogens with one attached hydrogen (secondary N) is 2. The van der Waals surface area contributed by atoms with E-state index in [1.807, 2.05) is 10.8 Å². The maximum absolute atomic E-state index is 12.5. The van der Waals surface area contributed by atoms with Gasteiger partial charge in [0.2, 0.25) is 11.8 Å². The molecule has 3 aromatic rings. The van der Waals surface area contributed by atoms with Crippen LogP contribution in [0.25, 0.3) is 0 Å². The minimum Gasteiger partial charge on any atom is -0.484 e. The monoisotopic (exact) mass is 495 g/mol. The third kappa shape index (κ3) is 6.83. The number of hydrogen-bond donors (Lipinski definition) is 2. The molecule has 0 bridgehead atoms. The normalized spacial score (nSPS) is 15.2. The number of ether oxygens (including phenoxy) is 1. The third-order valence-corrected chi connectivity index (χ3v) is 5.85. The summed E-state index contributed by atoms with van der Waals surface area (Å²) in [6, 6.07) is 13.7. The number of halogens is 1. The van der Waals surface area contributed by atoms with Gasteiger partial charge in [0.25, 0.3) is 5.91 Å². The average molecular weight is 496 g/mol. The highest BCUT2D eigenvalue weighted by molar-refractivity contribution is 6.30. The number of hydrogen-bond acceptors (Lipinski definition) is 5. The van der Waals surface area contributed by atoms with Crippen LogP contribution in [0.3, 0.4) is 0 Å². The number of imidazole rings is 1. The number of aromatic nitrogens is 2. The Bertz CT molecular complexity index is 1150. The molecule has 1 fully saturated rings. The molecule has 10 heteroatoms. The van der Waals surface area contributed by atoms with E-state index in [1.165, 1.54) is 0 Å². The predicted molar refractivity (Wildman–Crippen MR) is 132 cm³/mol. The maximum atomic E-state index is 12.5. The van der Waals surface area contributed by atoms with E-state index in [4.69, 9.17) is 16.3 Å². The van der Waals surface area contributed by atoms with E-state index in [1.54, 1.807) is 66.0 Å². The van der Waals surface area contributed by atoms with Crippen LogP contribution in [0.15, 0.2) is 67.3 Å². The first kappa shape index (κ1) is 24.3.